The molecule has 0 bridgehead atoms. The summed E-state index contributed by atoms with van der Waals surface area (Å²) in [6, 6.07) is 0. The van der Waals surface area contributed by atoms with Gasteiger partial charge in [-0.05, 0) is 111 Å². The molecule has 0 aromatic carbocycles. The standard InChI is InChI=1S/C41H62N2O6S/c1-24(2)33-27(44)18-41(30(45)21-42-20-25-22-50-23-43-25)17-16-39(8)26(34(33)41)10-11-29-38(7)14-13-31(49-32(46)19-36(3,4)35(47)48)37(5,6)28(38)12-15-40(29,39)9/h22-24,26,28-31,42,45H,10-21H2,1-9H3,(H,47,48)/t26-,28+,29-,30?,31+,38+,39-,40-,41?/m1/s1. The Morgan fingerprint density at radius 2 is 1.74 bits per heavy atom. The molecule has 6 rings (SSSR count). The van der Waals surface area contributed by atoms with E-state index in [2.05, 4.69) is 58.8 Å². The van der Waals surface area contributed by atoms with Crippen LogP contribution in [0.1, 0.15) is 132 Å². The predicted octanol–water partition coefficient (Wildman–Crippen LogP) is 7.99. The minimum Gasteiger partial charge on any atom is -0.481 e. The van der Waals surface area contributed by atoms with Crippen LogP contribution in [0.15, 0.2) is 22.0 Å². The van der Waals surface area contributed by atoms with Gasteiger partial charge in [0.05, 0.1) is 29.1 Å². The minimum atomic E-state index is -1.16. The number of nitrogens with one attached hydrogen (secondary N) is 1. The highest BCUT2D eigenvalue weighted by molar-refractivity contribution is 7.07. The van der Waals surface area contributed by atoms with Gasteiger partial charge in [-0.25, -0.2) is 4.98 Å². The number of ether oxygens (including phenoxy) is 1. The normalized spacial score (nSPS) is 38.6. The van der Waals surface area contributed by atoms with Crippen LogP contribution in [0.5, 0.6) is 0 Å². The highest BCUT2D eigenvalue weighted by atomic mass is 32.1. The van der Waals surface area contributed by atoms with Crippen LogP contribution in [0, 0.1) is 56.2 Å². The Morgan fingerprint density at radius 3 is 2.38 bits per heavy atom. The van der Waals surface area contributed by atoms with Gasteiger partial charge in [-0.15, -0.1) is 11.3 Å². The number of aliphatic hydroxyl groups is 1. The highest BCUT2D eigenvalue weighted by Gasteiger charge is 2.70. The first-order valence-electron chi connectivity index (χ1n) is 19.2. The number of aliphatic hydroxyl groups excluding tert-OH is 1. The number of aromatic nitrogens is 1. The number of aliphatic carboxylic acids is 1. The zero-order valence-corrected chi connectivity index (χ0v) is 32.8. The number of Topliss-reactive ketones (excluding diaryl/α,β-unsaturated/α-hetero) is 1. The molecule has 0 aliphatic heterocycles. The van der Waals surface area contributed by atoms with Crippen LogP contribution in [0.2, 0.25) is 0 Å². The lowest BCUT2D eigenvalue weighted by molar-refractivity contribution is -0.235. The van der Waals surface area contributed by atoms with Crippen molar-refractivity contribution >= 4 is 29.1 Å². The number of carboxylic acid groups (broad SMARTS) is 1. The van der Waals surface area contributed by atoms with Crippen LogP contribution in [-0.2, 0) is 25.7 Å². The Morgan fingerprint density at radius 1 is 1.02 bits per heavy atom. The fourth-order valence-corrected chi connectivity index (χ4v) is 13.3. The number of hydrogen-bond acceptors (Lipinski definition) is 8. The Kier molecular flexibility index (Phi) is 9.63. The molecule has 0 radical (unpaired) electrons. The van der Waals surface area contributed by atoms with Crippen LogP contribution in [0.3, 0.4) is 0 Å². The number of carboxylic acids is 1. The molecule has 5 aliphatic carbocycles. The summed E-state index contributed by atoms with van der Waals surface area (Å²) in [5, 5.41) is 27.1. The maximum Gasteiger partial charge on any atom is 0.309 e. The van der Waals surface area contributed by atoms with Crippen molar-refractivity contribution in [3.63, 3.8) is 0 Å². The van der Waals surface area contributed by atoms with Gasteiger partial charge in [0, 0.05) is 35.7 Å². The summed E-state index contributed by atoms with van der Waals surface area (Å²) in [5.74, 6) is 0.0829. The summed E-state index contributed by atoms with van der Waals surface area (Å²) >= 11 is 1.57. The Labute approximate surface area is 303 Å². The molecule has 50 heavy (non-hydrogen) atoms. The first kappa shape index (κ1) is 37.7. The zero-order chi connectivity index (χ0) is 36.7. The number of fused-ring (bicyclic) bond motifs is 7. The summed E-state index contributed by atoms with van der Waals surface area (Å²) in [7, 11) is 0. The molecule has 278 valence electrons. The van der Waals surface area contributed by atoms with Gasteiger partial charge in [0.1, 0.15) is 6.10 Å². The maximum atomic E-state index is 14.0. The monoisotopic (exact) mass is 710 g/mol. The van der Waals surface area contributed by atoms with Crippen molar-refractivity contribution in [1.82, 2.24) is 10.3 Å². The molecule has 9 atom stereocenters. The second-order valence-electron chi connectivity index (χ2n) is 19.2. The number of carbonyl (C=O) groups excluding carboxylic acids is 2. The van der Waals surface area contributed by atoms with Crippen molar-refractivity contribution < 1.29 is 29.3 Å². The van der Waals surface area contributed by atoms with Crippen molar-refractivity contribution in [2.75, 3.05) is 6.54 Å². The lowest BCUT2D eigenvalue weighted by Gasteiger charge is -2.72. The largest absolute Gasteiger partial charge is 0.481 e. The van der Waals surface area contributed by atoms with Gasteiger partial charge in [0.25, 0.3) is 0 Å². The molecule has 0 saturated heterocycles. The smallest absolute Gasteiger partial charge is 0.309 e. The molecule has 3 N–H and O–H groups in total. The van der Waals surface area contributed by atoms with E-state index in [-0.39, 0.29) is 51.8 Å². The van der Waals surface area contributed by atoms with Gasteiger partial charge in [-0.3, -0.25) is 14.4 Å². The molecule has 9 heteroatoms. The summed E-state index contributed by atoms with van der Waals surface area (Å²) in [6.07, 6.45) is 7.26. The first-order valence-corrected chi connectivity index (χ1v) is 20.2. The lowest BCUT2D eigenvalue weighted by atomic mass is 9.33. The quantitative estimate of drug-likeness (QED) is 0.209. The van der Waals surface area contributed by atoms with E-state index in [1.54, 1.807) is 25.2 Å². The molecule has 0 spiro atoms. The topological polar surface area (TPSA) is 126 Å². The average molecular weight is 711 g/mol. The third-order valence-electron chi connectivity index (χ3n) is 15.6. The van der Waals surface area contributed by atoms with Gasteiger partial charge in [0.15, 0.2) is 5.78 Å². The average Bonchev–Trinajstić information content (AvgIpc) is 3.64. The Bertz CT molecular complexity index is 1530. The summed E-state index contributed by atoms with van der Waals surface area (Å²) in [4.78, 5) is 43.1. The van der Waals surface area contributed by atoms with Crippen LogP contribution in [0.25, 0.3) is 0 Å². The van der Waals surface area contributed by atoms with E-state index in [1.165, 1.54) is 5.57 Å². The summed E-state index contributed by atoms with van der Waals surface area (Å²) in [6.45, 7) is 20.7. The van der Waals surface area contributed by atoms with Gasteiger partial charge >= 0.3 is 11.9 Å². The molecule has 8 nitrogen and oxygen atoms in total. The lowest BCUT2D eigenvalue weighted by Crippen LogP contribution is -2.66. The number of esters is 1. The van der Waals surface area contributed by atoms with Gasteiger partial charge in [0.2, 0.25) is 0 Å². The second kappa shape index (κ2) is 12.8. The molecule has 4 saturated carbocycles. The van der Waals surface area contributed by atoms with E-state index in [4.69, 9.17) is 4.74 Å². The molecule has 1 heterocycles. The van der Waals surface area contributed by atoms with E-state index in [9.17, 15) is 24.6 Å². The maximum absolute atomic E-state index is 14.0. The summed E-state index contributed by atoms with van der Waals surface area (Å²) in [5.41, 5.74) is 3.31. The van der Waals surface area contributed by atoms with Crippen molar-refractivity contribution in [2.24, 2.45) is 56.2 Å². The Balaban J connectivity index is 1.27. The van der Waals surface area contributed by atoms with Crippen LogP contribution in [-0.4, -0.2) is 51.7 Å². The van der Waals surface area contributed by atoms with Crippen molar-refractivity contribution in [2.45, 2.75) is 145 Å². The van der Waals surface area contributed by atoms with E-state index in [1.807, 2.05) is 10.9 Å². The number of hydrogen-bond donors (Lipinski definition) is 3. The number of carbonyl (C=O) groups is 3. The van der Waals surface area contributed by atoms with Crippen LogP contribution < -0.4 is 5.32 Å². The Hall–Kier alpha value is -2.10. The van der Waals surface area contributed by atoms with E-state index < -0.39 is 28.9 Å². The third kappa shape index (κ3) is 5.66. The first-order chi connectivity index (χ1) is 23.2. The highest BCUT2D eigenvalue weighted by Crippen LogP contribution is 2.77. The molecular weight excluding hydrogens is 649 g/mol. The number of thiazole rings is 1. The second-order valence-corrected chi connectivity index (χ2v) is 19.9. The SMILES string of the molecule is CC(C)C1=C2[C@H]3CC[C@@H]4[C@@]5(C)CC[C@H](OC(=O)CC(C)(C)C(=O)O)C(C)(C)[C@@H]5CC[C@@]4(C)[C@]3(C)CCC2(C(O)CNCc2cscn2)CC1=O. The van der Waals surface area contributed by atoms with Crippen molar-refractivity contribution in [1.29, 1.82) is 0 Å². The molecule has 2 unspecified atom stereocenters. The van der Waals surface area contributed by atoms with E-state index in [0.29, 0.717) is 31.3 Å². The third-order valence-corrected chi connectivity index (χ3v) is 16.3. The number of nitrogens with zero attached hydrogens (tertiary/aromatic N) is 1. The number of rotatable bonds is 10. The van der Waals surface area contributed by atoms with E-state index in [0.717, 1.165) is 62.6 Å². The van der Waals surface area contributed by atoms with Crippen LogP contribution in [0.4, 0.5) is 0 Å². The van der Waals surface area contributed by atoms with Crippen molar-refractivity contribution in [3.8, 4) is 0 Å². The fraction of sp³-hybridized carbons (Fsp3) is 0.805. The molecular formula is C41H62N2O6S. The van der Waals surface area contributed by atoms with E-state index >= 15 is 0 Å². The fourth-order valence-electron chi connectivity index (χ4n) is 12.8. The molecule has 5 aliphatic rings. The predicted molar refractivity (Wildman–Crippen MR) is 195 cm³/mol. The molecule has 0 amide bonds. The van der Waals surface area contributed by atoms with Gasteiger partial charge in [-0.2, -0.15) is 0 Å². The van der Waals surface area contributed by atoms with Crippen LogP contribution >= 0.6 is 11.3 Å². The minimum absolute atomic E-state index is 0.00287. The summed E-state index contributed by atoms with van der Waals surface area (Å²) < 4.78 is 6.16. The zero-order valence-electron chi connectivity index (χ0n) is 32.0. The number of ketones is 1. The van der Waals surface area contributed by atoms with Gasteiger partial charge in [-0.1, -0.05) is 54.0 Å². The van der Waals surface area contributed by atoms with Gasteiger partial charge < -0.3 is 20.3 Å². The van der Waals surface area contributed by atoms with Crippen molar-refractivity contribution in [3.05, 3.63) is 27.7 Å². The molecule has 4 fully saturated rings. The molecule has 1 aromatic heterocycles. The molecule has 1 aromatic rings. The number of allylic oxidation sites excluding steroid dienone is 1.